The minimum absolute atomic E-state index is 0.246. The SMILES string of the molecule is Oc1ccc(Br)cc1-c1cc2cc(Cl)ccc2[nH]1. The van der Waals surface area contributed by atoms with Gasteiger partial charge in [0.05, 0.1) is 5.69 Å². The van der Waals surface area contributed by atoms with E-state index >= 15 is 0 Å². The second-order valence-electron chi connectivity index (χ2n) is 4.08. The molecule has 0 aliphatic carbocycles. The average molecular weight is 323 g/mol. The zero-order valence-corrected chi connectivity index (χ0v) is 11.6. The molecule has 0 aliphatic heterocycles. The van der Waals surface area contributed by atoms with E-state index in [0.29, 0.717) is 5.02 Å². The van der Waals surface area contributed by atoms with E-state index < -0.39 is 0 Å². The molecule has 0 spiro atoms. The number of benzene rings is 2. The molecule has 2 nitrogen and oxygen atoms in total. The molecule has 18 heavy (non-hydrogen) atoms. The Bertz CT molecular complexity index is 736. The topological polar surface area (TPSA) is 36.0 Å². The summed E-state index contributed by atoms with van der Waals surface area (Å²) in [5, 5.41) is 11.6. The van der Waals surface area contributed by atoms with E-state index in [1.807, 2.05) is 30.3 Å². The van der Waals surface area contributed by atoms with Crippen LogP contribution in [0.1, 0.15) is 0 Å². The first-order valence-electron chi connectivity index (χ1n) is 5.40. The van der Waals surface area contributed by atoms with Gasteiger partial charge < -0.3 is 10.1 Å². The predicted molar refractivity (Wildman–Crippen MR) is 78.1 cm³/mol. The van der Waals surface area contributed by atoms with E-state index in [4.69, 9.17) is 11.6 Å². The van der Waals surface area contributed by atoms with E-state index in [0.717, 1.165) is 26.6 Å². The van der Waals surface area contributed by atoms with Gasteiger partial charge in [0.2, 0.25) is 0 Å². The monoisotopic (exact) mass is 321 g/mol. The normalized spacial score (nSPS) is 11.0. The van der Waals surface area contributed by atoms with E-state index in [1.54, 1.807) is 12.1 Å². The van der Waals surface area contributed by atoms with Crippen LogP contribution < -0.4 is 0 Å². The van der Waals surface area contributed by atoms with Gasteiger partial charge in [0.1, 0.15) is 5.75 Å². The molecule has 90 valence electrons. The van der Waals surface area contributed by atoms with Gasteiger partial charge in [-0.15, -0.1) is 0 Å². The standard InChI is InChI=1S/C14H9BrClNO/c15-9-1-4-14(18)11(7-9)13-6-8-5-10(16)2-3-12(8)17-13/h1-7,17-18H. The van der Waals surface area contributed by atoms with Gasteiger partial charge in [-0.25, -0.2) is 0 Å². The number of fused-ring (bicyclic) bond motifs is 1. The Morgan fingerprint density at radius 2 is 1.89 bits per heavy atom. The van der Waals surface area contributed by atoms with Crippen molar-refractivity contribution in [2.45, 2.75) is 0 Å². The summed E-state index contributed by atoms with van der Waals surface area (Å²) < 4.78 is 0.923. The molecule has 2 N–H and O–H groups in total. The fraction of sp³-hybridized carbons (Fsp3) is 0. The van der Waals surface area contributed by atoms with Crippen LogP contribution in [0, 0.1) is 0 Å². The van der Waals surface area contributed by atoms with Crippen molar-refractivity contribution < 1.29 is 5.11 Å². The van der Waals surface area contributed by atoms with Crippen molar-refractivity contribution in [3.8, 4) is 17.0 Å². The minimum atomic E-state index is 0.246. The summed E-state index contributed by atoms with van der Waals surface area (Å²) in [6, 6.07) is 13.0. The average Bonchev–Trinajstić information content (AvgIpc) is 2.74. The first-order valence-corrected chi connectivity index (χ1v) is 6.58. The third kappa shape index (κ3) is 2.00. The molecule has 0 unspecified atom stereocenters. The van der Waals surface area contributed by atoms with Gasteiger partial charge in [-0.1, -0.05) is 27.5 Å². The highest BCUT2D eigenvalue weighted by molar-refractivity contribution is 9.10. The summed E-state index contributed by atoms with van der Waals surface area (Å²) in [4.78, 5) is 3.27. The number of phenols is 1. The second-order valence-corrected chi connectivity index (χ2v) is 5.43. The third-order valence-corrected chi connectivity index (χ3v) is 3.56. The lowest BCUT2D eigenvalue weighted by molar-refractivity contribution is 0.477. The van der Waals surface area contributed by atoms with Gasteiger partial charge in [0, 0.05) is 26.0 Å². The fourth-order valence-electron chi connectivity index (χ4n) is 1.97. The van der Waals surface area contributed by atoms with Gasteiger partial charge >= 0.3 is 0 Å². The summed E-state index contributed by atoms with van der Waals surface area (Å²) in [6.07, 6.45) is 0. The van der Waals surface area contributed by atoms with Gasteiger partial charge in [0.15, 0.2) is 0 Å². The molecule has 0 saturated heterocycles. The highest BCUT2D eigenvalue weighted by Crippen LogP contribution is 2.33. The van der Waals surface area contributed by atoms with E-state index in [-0.39, 0.29) is 5.75 Å². The van der Waals surface area contributed by atoms with Crippen molar-refractivity contribution in [2.24, 2.45) is 0 Å². The quantitative estimate of drug-likeness (QED) is 0.653. The van der Waals surface area contributed by atoms with Gasteiger partial charge in [0.25, 0.3) is 0 Å². The van der Waals surface area contributed by atoms with Crippen molar-refractivity contribution in [1.82, 2.24) is 4.98 Å². The van der Waals surface area contributed by atoms with Gasteiger partial charge in [-0.3, -0.25) is 0 Å². The van der Waals surface area contributed by atoms with Crippen LogP contribution in [-0.2, 0) is 0 Å². The van der Waals surface area contributed by atoms with Crippen LogP contribution in [0.3, 0.4) is 0 Å². The first-order chi connectivity index (χ1) is 8.63. The van der Waals surface area contributed by atoms with Crippen LogP contribution in [0.15, 0.2) is 46.9 Å². The van der Waals surface area contributed by atoms with Crippen molar-refractivity contribution in [2.75, 3.05) is 0 Å². The fourth-order valence-corrected chi connectivity index (χ4v) is 2.51. The summed E-state index contributed by atoms with van der Waals surface area (Å²) in [5.41, 5.74) is 2.62. The molecular formula is C14H9BrClNO. The van der Waals surface area contributed by atoms with E-state index in [2.05, 4.69) is 20.9 Å². The number of aromatic amines is 1. The second kappa shape index (κ2) is 4.34. The number of hydrogen-bond acceptors (Lipinski definition) is 1. The number of nitrogens with one attached hydrogen (secondary N) is 1. The molecule has 4 heteroatoms. The van der Waals surface area contributed by atoms with Crippen LogP contribution in [0.4, 0.5) is 0 Å². The van der Waals surface area contributed by atoms with Gasteiger partial charge in [-0.2, -0.15) is 0 Å². The van der Waals surface area contributed by atoms with Crippen molar-refractivity contribution in [3.63, 3.8) is 0 Å². The minimum Gasteiger partial charge on any atom is -0.507 e. The number of aromatic hydroxyl groups is 1. The first kappa shape index (κ1) is 11.6. The van der Waals surface area contributed by atoms with Crippen LogP contribution >= 0.6 is 27.5 Å². The van der Waals surface area contributed by atoms with E-state index in [9.17, 15) is 5.11 Å². The molecule has 1 aromatic heterocycles. The van der Waals surface area contributed by atoms with Crippen LogP contribution in [-0.4, -0.2) is 10.1 Å². The largest absolute Gasteiger partial charge is 0.507 e. The number of rotatable bonds is 1. The lowest BCUT2D eigenvalue weighted by Crippen LogP contribution is -1.78. The molecule has 0 amide bonds. The summed E-state index contributed by atoms with van der Waals surface area (Å²) in [5.74, 6) is 0.246. The summed E-state index contributed by atoms with van der Waals surface area (Å²) >= 11 is 9.36. The zero-order chi connectivity index (χ0) is 12.7. The maximum Gasteiger partial charge on any atom is 0.124 e. The number of phenolic OH excluding ortho intramolecular Hbond substituents is 1. The van der Waals surface area contributed by atoms with Crippen LogP contribution in [0.5, 0.6) is 5.75 Å². The number of H-pyrrole nitrogens is 1. The Labute approximate surface area is 117 Å². The highest BCUT2D eigenvalue weighted by Gasteiger charge is 2.08. The zero-order valence-electron chi connectivity index (χ0n) is 9.24. The molecule has 0 fully saturated rings. The molecule has 0 atom stereocenters. The molecule has 1 heterocycles. The van der Waals surface area contributed by atoms with Crippen molar-refractivity contribution in [3.05, 3.63) is 52.0 Å². The van der Waals surface area contributed by atoms with Crippen LogP contribution in [0.2, 0.25) is 5.02 Å². The molecular weight excluding hydrogens is 314 g/mol. The molecule has 0 bridgehead atoms. The maximum absolute atomic E-state index is 9.90. The van der Waals surface area contributed by atoms with E-state index in [1.165, 1.54) is 0 Å². The Morgan fingerprint density at radius 1 is 1.06 bits per heavy atom. The highest BCUT2D eigenvalue weighted by atomic mass is 79.9. The third-order valence-electron chi connectivity index (χ3n) is 2.83. The Kier molecular flexibility index (Phi) is 2.80. The molecule has 0 aliphatic rings. The molecule has 0 radical (unpaired) electrons. The van der Waals surface area contributed by atoms with Gasteiger partial charge in [-0.05, 0) is 42.5 Å². The molecule has 3 aromatic rings. The summed E-state index contributed by atoms with van der Waals surface area (Å²) in [6.45, 7) is 0. The molecule has 3 rings (SSSR count). The summed E-state index contributed by atoms with van der Waals surface area (Å²) in [7, 11) is 0. The van der Waals surface area contributed by atoms with Crippen molar-refractivity contribution in [1.29, 1.82) is 0 Å². The van der Waals surface area contributed by atoms with Crippen molar-refractivity contribution >= 4 is 38.4 Å². The molecule has 0 saturated carbocycles. The van der Waals surface area contributed by atoms with Crippen LogP contribution in [0.25, 0.3) is 22.2 Å². The smallest absolute Gasteiger partial charge is 0.124 e. The maximum atomic E-state index is 9.90. The number of aromatic nitrogens is 1. The lowest BCUT2D eigenvalue weighted by Gasteiger charge is -2.02. The Morgan fingerprint density at radius 3 is 2.72 bits per heavy atom. The number of halogens is 2. The number of hydrogen-bond donors (Lipinski definition) is 2. The lowest BCUT2D eigenvalue weighted by atomic mass is 10.1. The predicted octanol–water partition coefficient (Wildman–Crippen LogP) is 4.96. The Hall–Kier alpha value is -1.45. The molecule has 2 aromatic carbocycles. The Balaban J connectivity index is 2.22.